The zero-order valence-electron chi connectivity index (χ0n) is 19.7. The zero-order valence-corrected chi connectivity index (χ0v) is 19.7. The molecule has 28 heavy (non-hydrogen) atoms. The fourth-order valence-corrected chi connectivity index (χ4v) is 3.49. The number of hydrogen-bond acceptors (Lipinski definition) is 6. The number of likely N-dealkylation sites (N-methyl/N-ethyl adjacent to an activating group) is 3. The van der Waals surface area contributed by atoms with Gasteiger partial charge in [0, 0.05) is 39.3 Å². The largest absolute Gasteiger partial charge is 0.379 e. The normalized spacial score (nSPS) is 25.6. The van der Waals surface area contributed by atoms with Gasteiger partial charge in [0.2, 0.25) is 0 Å². The van der Waals surface area contributed by atoms with Gasteiger partial charge < -0.3 is 29.2 Å². The second-order valence-corrected chi connectivity index (χ2v) is 8.90. The number of nitrogens with zero attached hydrogens (tertiary/aromatic N) is 5. The minimum Gasteiger partial charge on any atom is -0.379 e. The molecule has 0 aliphatic carbocycles. The Hall–Kier alpha value is -0.240. The lowest BCUT2D eigenvalue weighted by molar-refractivity contribution is 0.0503. The summed E-state index contributed by atoms with van der Waals surface area (Å²) in [5.74, 6) is 0. The highest BCUT2D eigenvalue weighted by atomic mass is 16.5. The van der Waals surface area contributed by atoms with Crippen LogP contribution in [0.4, 0.5) is 0 Å². The highest BCUT2D eigenvalue weighted by Crippen LogP contribution is 2.04. The summed E-state index contributed by atoms with van der Waals surface area (Å²) in [4.78, 5) is 11.7. The molecule has 0 aromatic heterocycles. The van der Waals surface area contributed by atoms with E-state index < -0.39 is 0 Å². The molecule has 6 heteroatoms. The van der Waals surface area contributed by atoms with E-state index in [0.29, 0.717) is 0 Å². The Morgan fingerprint density at radius 1 is 0.357 bits per heavy atom. The summed E-state index contributed by atoms with van der Waals surface area (Å²) < 4.78 is 5.10. The van der Waals surface area contributed by atoms with Crippen molar-refractivity contribution in [1.82, 2.24) is 24.5 Å². The van der Waals surface area contributed by atoms with Gasteiger partial charge in [-0.15, -0.1) is 0 Å². The molecule has 4 aliphatic rings. The first-order chi connectivity index (χ1) is 13.5. The van der Waals surface area contributed by atoms with Crippen molar-refractivity contribution in [2.45, 2.75) is 32.1 Å². The van der Waals surface area contributed by atoms with Crippen LogP contribution in [0, 0.1) is 0 Å². The van der Waals surface area contributed by atoms with Gasteiger partial charge in [0.25, 0.3) is 0 Å². The second-order valence-electron chi connectivity index (χ2n) is 8.90. The third-order valence-corrected chi connectivity index (χ3v) is 5.87. The van der Waals surface area contributed by atoms with Gasteiger partial charge in [-0.2, -0.15) is 0 Å². The summed E-state index contributed by atoms with van der Waals surface area (Å²) in [6.07, 6.45) is 7.10. The molecule has 0 spiro atoms. The SMILES string of the molecule is CN1CCCC1.CN1CCCCC1.CN1CCN(C)CC1.CN1CCOCC1. The van der Waals surface area contributed by atoms with Crippen molar-refractivity contribution in [3.8, 4) is 0 Å². The number of rotatable bonds is 0. The topological polar surface area (TPSA) is 25.4 Å². The fraction of sp³-hybridized carbons (Fsp3) is 1.00. The van der Waals surface area contributed by atoms with E-state index in [2.05, 4.69) is 59.7 Å². The average Bonchev–Trinajstić information content (AvgIpc) is 3.18. The summed E-state index contributed by atoms with van der Waals surface area (Å²) in [6.45, 7) is 14.2. The first kappa shape index (κ1) is 25.8. The van der Waals surface area contributed by atoms with Crippen LogP contribution in [0.25, 0.3) is 0 Å². The standard InChI is InChI=1S/C6H14N2.C6H13N.C5H11NO.C5H11N/c1-7-3-5-8(2)6-4-7;1-7-5-3-2-4-6-7;1-6-2-4-7-5-3-6;1-6-4-2-3-5-6/h3-6H2,1-2H3;2-6H2,1H3;2-5H2,1H3;2-5H2,1H3. The maximum atomic E-state index is 5.10. The molecule has 0 aromatic rings. The summed E-state index contributed by atoms with van der Waals surface area (Å²) >= 11 is 0. The Kier molecular flexibility index (Phi) is 15.2. The van der Waals surface area contributed by atoms with Crippen LogP contribution in [0.15, 0.2) is 0 Å². The van der Waals surface area contributed by atoms with Crippen LogP contribution in [0.5, 0.6) is 0 Å². The second kappa shape index (κ2) is 16.5. The number of hydrogen-bond donors (Lipinski definition) is 0. The molecule has 6 nitrogen and oxygen atoms in total. The molecule has 4 fully saturated rings. The van der Waals surface area contributed by atoms with Crippen molar-refractivity contribution in [3.63, 3.8) is 0 Å². The molecule has 4 saturated heterocycles. The lowest BCUT2D eigenvalue weighted by Crippen LogP contribution is -2.42. The van der Waals surface area contributed by atoms with Crippen LogP contribution in [-0.2, 0) is 4.74 Å². The van der Waals surface area contributed by atoms with E-state index in [-0.39, 0.29) is 0 Å². The van der Waals surface area contributed by atoms with Crippen LogP contribution < -0.4 is 0 Å². The average molecular weight is 400 g/mol. The summed E-state index contributed by atoms with van der Waals surface area (Å²) in [6, 6.07) is 0. The molecule has 0 aromatic carbocycles. The van der Waals surface area contributed by atoms with Crippen LogP contribution in [-0.4, -0.2) is 138 Å². The van der Waals surface area contributed by atoms with Crippen LogP contribution >= 0.6 is 0 Å². The molecular formula is C22H49N5O. The highest BCUT2D eigenvalue weighted by molar-refractivity contribution is 4.64. The van der Waals surface area contributed by atoms with Gasteiger partial charge in [0.1, 0.15) is 0 Å². The Balaban J connectivity index is 0.000000188. The van der Waals surface area contributed by atoms with Crippen LogP contribution in [0.3, 0.4) is 0 Å². The maximum absolute atomic E-state index is 5.10. The predicted octanol–water partition coefficient (Wildman–Crippen LogP) is 1.63. The highest BCUT2D eigenvalue weighted by Gasteiger charge is 2.08. The molecule has 4 rings (SSSR count). The smallest absolute Gasteiger partial charge is 0.0594 e. The van der Waals surface area contributed by atoms with Gasteiger partial charge in [-0.3, -0.25) is 0 Å². The molecule has 0 N–H and O–H groups in total. The minimum absolute atomic E-state index is 0.913. The number of morpholine rings is 1. The molecule has 0 bridgehead atoms. The van der Waals surface area contributed by atoms with Gasteiger partial charge >= 0.3 is 0 Å². The van der Waals surface area contributed by atoms with Gasteiger partial charge in [-0.1, -0.05) is 6.42 Å². The maximum Gasteiger partial charge on any atom is 0.0594 e. The van der Waals surface area contributed by atoms with E-state index in [1.807, 2.05) is 0 Å². The van der Waals surface area contributed by atoms with E-state index in [1.165, 1.54) is 84.5 Å². The van der Waals surface area contributed by atoms with Gasteiger partial charge in [0.05, 0.1) is 13.2 Å². The Bertz CT molecular complexity index is 306. The van der Waals surface area contributed by atoms with Gasteiger partial charge in [0.15, 0.2) is 0 Å². The quantitative estimate of drug-likeness (QED) is 0.614. The minimum atomic E-state index is 0.913. The molecule has 0 saturated carbocycles. The molecule has 0 atom stereocenters. The molecular weight excluding hydrogens is 350 g/mol. The van der Waals surface area contributed by atoms with E-state index >= 15 is 0 Å². The lowest BCUT2D eigenvalue weighted by atomic mass is 10.1. The van der Waals surface area contributed by atoms with Crippen LogP contribution in [0.1, 0.15) is 32.1 Å². The van der Waals surface area contributed by atoms with Crippen molar-refractivity contribution >= 4 is 0 Å². The Morgan fingerprint density at radius 3 is 0.857 bits per heavy atom. The van der Waals surface area contributed by atoms with Crippen molar-refractivity contribution < 1.29 is 4.74 Å². The van der Waals surface area contributed by atoms with Crippen molar-refractivity contribution in [1.29, 1.82) is 0 Å². The number of ether oxygens (including phenoxy) is 1. The Labute approximate surface area is 175 Å². The zero-order chi connectivity index (χ0) is 20.6. The number of likely N-dealkylation sites (tertiary alicyclic amines) is 2. The fourth-order valence-electron chi connectivity index (χ4n) is 3.49. The molecule has 4 heterocycles. The third-order valence-electron chi connectivity index (χ3n) is 5.87. The van der Waals surface area contributed by atoms with Gasteiger partial charge in [-0.25, -0.2) is 0 Å². The van der Waals surface area contributed by atoms with Crippen molar-refractivity contribution in [2.24, 2.45) is 0 Å². The lowest BCUT2D eigenvalue weighted by Gasteiger charge is -2.28. The van der Waals surface area contributed by atoms with E-state index in [4.69, 9.17) is 4.74 Å². The van der Waals surface area contributed by atoms with Crippen molar-refractivity contribution in [3.05, 3.63) is 0 Å². The monoisotopic (exact) mass is 399 g/mol. The summed E-state index contributed by atoms with van der Waals surface area (Å²) in [5.41, 5.74) is 0. The molecule has 0 unspecified atom stereocenters. The summed E-state index contributed by atoms with van der Waals surface area (Å²) in [5, 5.41) is 0. The number of piperazine rings is 1. The van der Waals surface area contributed by atoms with Crippen LogP contribution in [0.2, 0.25) is 0 Å². The van der Waals surface area contributed by atoms with E-state index in [1.54, 1.807) is 0 Å². The number of piperidine rings is 1. The first-order valence-electron chi connectivity index (χ1n) is 11.5. The first-order valence-corrected chi connectivity index (χ1v) is 11.5. The molecule has 0 amide bonds. The molecule has 4 aliphatic heterocycles. The third kappa shape index (κ3) is 14.7. The van der Waals surface area contributed by atoms with E-state index in [9.17, 15) is 0 Å². The Morgan fingerprint density at radius 2 is 0.643 bits per heavy atom. The van der Waals surface area contributed by atoms with Crippen molar-refractivity contribution in [2.75, 3.05) is 114 Å². The summed E-state index contributed by atoms with van der Waals surface area (Å²) in [7, 11) is 10.8. The van der Waals surface area contributed by atoms with Gasteiger partial charge in [-0.05, 0) is 87.1 Å². The predicted molar refractivity (Wildman–Crippen MR) is 121 cm³/mol. The molecule has 0 radical (unpaired) electrons. The molecule has 168 valence electrons. The van der Waals surface area contributed by atoms with E-state index in [0.717, 1.165) is 26.3 Å².